The molecule has 1 aliphatic rings. The van der Waals surface area contributed by atoms with Crippen molar-refractivity contribution in [1.82, 2.24) is 4.98 Å². The number of anilines is 1. The Morgan fingerprint density at radius 1 is 1.53 bits per heavy atom. The number of piperidine rings is 1. The molecule has 1 fully saturated rings. The van der Waals surface area contributed by atoms with Crippen LogP contribution >= 0.6 is 27.5 Å². The topological polar surface area (TPSA) is 16.1 Å². The fraction of sp³-hybridized carbons (Fsp3) is 0.615. The molecular weight excluding hydrogens is 300 g/mol. The quantitative estimate of drug-likeness (QED) is 0.760. The SMILES string of the molecule is CC1(C)CCCN(c2ncc(Br)cc2CCl)C1. The predicted molar refractivity (Wildman–Crippen MR) is 76.7 cm³/mol. The van der Waals surface area contributed by atoms with Crippen molar-refractivity contribution in [3.8, 4) is 0 Å². The Hall–Kier alpha value is -0.280. The summed E-state index contributed by atoms with van der Waals surface area (Å²) in [6.45, 7) is 6.78. The second-order valence-electron chi connectivity index (χ2n) is 5.46. The third kappa shape index (κ3) is 3.14. The van der Waals surface area contributed by atoms with E-state index in [0.717, 1.165) is 28.9 Å². The fourth-order valence-electron chi connectivity index (χ4n) is 2.46. The van der Waals surface area contributed by atoms with Crippen molar-refractivity contribution < 1.29 is 0 Å². The van der Waals surface area contributed by atoms with Gasteiger partial charge in [-0.15, -0.1) is 11.6 Å². The molecule has 0 aliphatic carbocycles. The van der Waals surface area contributed by atoms with Gasteiger partial charge in [-0.3, -0.25) is 0 Å². The summed E-state index contributed by atoms with van der Waals surface area (Å²) < 4.78 is 0.994. The zero-order valence-corrected chi connectivity index (χ0v) is 12.7. The summed E-state index contributed by atoms with van der Waals surface area (Å²) in [7, 11) is 0. The predicted octanol–water partition coefficient (Wildman–Crippen LogP) is 4.21. The van der Waals surface area contributed by atoms with Crippen LogP contribution in [0.1, 0.15) is 32.3 Å². The minimum absolute atomic E-state index is 0.372. The monoisotopic (exact) mass is 316 g/mol. The van der Waals surface area contributed by atoms with Crippen LogP contribution in [0, 0.1) is 5.41 Å². The average molecular weight is 318 g/mol. The molecule has 17 heavy (non-hydrogen) atoms. The standard InChI is InChI=1S/C13H18BrClN2/c1-13(2)4-3-5-17(9-13)12-10(7-15)6-11(14)8-16-12/h6,8H,3-5,7,9H2,1-2H3. The summed E-state index contributed by atoms with van der Waals surface area (Å²) in [5.74, 6) is 1.56. The number of hydrogen-bond acceptors (Lipinski definition) is 2. The number of pyridine rings is 1. The summed E-state index contributed by atoms with van der Waals surface area (Å²) in [6.07, 6.45) is 4.37. The van der Waals surface area contributed by atoms with Gasteiger partial charge in [0, 0.05) is 29.3 Å². The zero-order chi connectivity index (χ0) is 12.5. The van der Waals surface area contributed by atoms with Crippen LogP contribution < -0.4 is 4.90 Å². The lowest BCUT2D eigenvalue weighted by Gasteiger charge is -2.39. The van der Waals surface area contributed by atoms with Gasteiger partial charge < -0.3 is 4.90 Å². The van der Waals surface area contributed by atoms with E-state index in [2.05, 4.69) is 45.7 Å². The molecule has 0 radical (unpaired) electrons. The van der Waals surface area contributed by atoms with E-state index in [0.29, 0.717) is 11.3 Å². The molecule has 0 aromatic carbocycles. The molecule has 0 N–H and O–H groups in total. The van der Waals surface area contributed by atoms with E-state index in [4.69, 9.17) is 11.6 Å². The van der Waals surface area contributed by atoms with Crippen LogP contribution in [0.15, 0.2) is 16.7 Å². The summed E-state index contributed by atoms with van der Waals surface area (Å²) >= 11 is 9.45. The van der Waals surface area contributed by atoms with Gasteiger partial charge in [0.1, 0.15) is 5.82 Å². The molecule has 0 saturated carbocycles. The highest BCUT2D eigenvalue weighted by molar-refractivity contribution is 9.10. The van der Waals surface area contributed by atoms with E-state index in [1.807, 2.05) is 6.20 Å². The van der Waals surface area contributed by atoms with Crippen LogP contribution in [-0.2, 0) is 5.88 Å². The Morgan fingerprint density at radius 3 is 2.94 bits per heavy atom. The van der Waals surface area contributed by atoms with Gasteiger partial charge in [0.25, 0.3) is 0 Å². The van der Waals surface area contributed by atoms with Gasteiger partial charge in [-0.25, -0.2) is 4.98 Å². The maximum Gasteiger partial charge on any atom is 0.133 e. The third-order valence-electron chi connectivity index (χ3n) is 3.25. The Morgan fingerprint density at radius 2 is 2.29 bits per heavy atom. The number of alkyl halides is 1. The van der Waals surface area contributed by atoms with Crippen LogP contribution in [0.3, 0.4) is 0 Å². The van der Waals surface area contributed by atoms with Crippen molar-refractivity contribution in [3.05, 3.63) is 22.3 Å². The fourth-order valence-corrected chi connectivity index (χ4v) is 3.04. The normalized spacial score (nSPS) is 19.4. The van der Waals surface area contributed by atoms with Gasteiger partial charge in [0.15, 0.2) is 0 Å². The largest absolute Gasteiger partial charge is 0.356 e. The molecule has 2 heterocycles. The van der Waals surface area contributed by atoms with Gasteiger partial charge in [0.2, 0.25) is 0 Å². The maximum atomic E-state index is 6.01. The Bertz CT molecular complexity index is 406. The summed E-state index contributed by atoms with van der Waals surface area (Å²) in [5.41, 5.74) is 1.48. The zero-order valence-electron chi connectivity index (χ0n) is 10.3. The van der Waals surface area contributed by atoms with Gasteiger partial charge >= 0.3 is 0 Å². The molecule has 1 aromatic heterocycles. The Kier molecular flexibility index (Phi) is 3.99. The van der Waals surface area contributed by atoms with Crippen molar-refractivity contribution in [2.24, 2.45) is 5.41 Å². The minimum atomic E-state index is 0.372. The molecule has 1 aromatic rings. The molecule has 0 unspecified atom stereocenters. The second kappa shape index (κ2) is 5.15. The molecule has 2 rings (SSSR count). The van der Waals surface area contributed by atoms with Crippen LogP contribution in [-0.4, -0.2) is 18.1 Å². The maximum absolute atomic E-state index is 6.01. The van der Waals surface area contributed by atoms with Crippen molar-refractivity contribution in [2.45, 2.75) is 32.6 Å². The highest BCUT2D eigenvalue weighted by atomic mass is 79.9. The summed E-state index contributed by atoms with van der Waals surface area (Å²) in [5, 5.41) is 0. The van der Waals surface area contributed by atoms with Crippen molar-refractivity contribution in [1.29, 1.82) is 0 Å². The first-order valence-electron chi connectivity index (χ1n) is 5.97. The first kappa shape index (κ1) is 13.2. The van der Waals surface area contributed by atoms with Gasteiger partial charge in [0.05, 0.1) is 5.88 Å². The van der Waals surface area contributed by atoms with Crippen LogP contribution in [0.25, 0.3) is 0 Å². The van der Waals surface area contributed by atoms with Gasteiger partial charge in [-0.05, 0) is 40.3 Å². The van der Waals surface area contributed by atoms with Crippen molar-refractivity contribution >= 4 is 33.3 Å². The number of hydrogen-bond donors (Lipinski definition) is 0. The summed E-state index contributed by atoms with van der Waals surface area (Å²) in [6, 6.07) is 2.07. The molecule has 0 atom stereocenters. The number of aromatic nitrogens is 1. The number of rotatable bonds is 2. The smallest absolute Gasteiger partial charge is 0.133 e. The van der Waals surface area contributed by atoms with Gasteiger partial charge in [-0.1, -0.05) is 13.8 Å². The lowest BCUT2D eigenvalue weighted by atomic mass is 9.84. The average Bonchev–Trinajstić information content (AvgIpc) is 2.27. The lowest BCUT2D eigenvalue weighted by Crippen LogP contribution is -2.40. The molecule has 1 saturated heterocycles. The van der Waals surface area contributed by atoms with E-state index in [1.54, 1.807) is 0 Å². The molecule has 94 valence electrons. The number of halogens is 2. The Labute approximate surface area is 116 Å². The van der Waals surface area contributed by atoms with Crippen molar-refractivity contribution in [2.75, 3.05) is 18.0 Å². The first-order valence-corrected chi connectivity index (χ1v) is 7.30. The molecular formula is C13H18BrClN2. The highest BCUT2D eigenvalue weighted by Gasteiger charge is 2.28. The highest BCUT2D eigenvalue weighted by Crippen LogP contribution is 2.33. The third-order valence-corrected chi connectivity index (χ3v) is 3.98. The van der Waals surface area contributed by atoms with E-state index in [-0.39, 0.29) is 0 Å². The van der Waals surface area contributed by atoms with Crippen LogP contribution in [0.4, 0.5) is 5.82 Å². The molecule has 2 nitrogen and oxygen atoms in total. The Balaban J connectivity index is 2.27. The minimum Gasteiger partial charge on any atom is -0.356 e. The summed E-state index contributed by atoms with van der Waals surface area (Å²) in [4.78, 5) is 6.90. The molecule has 0 bridgehead atoms. The van der Waals surface area contributed by atoms with Crippen molar-refractivity contribution in [3.63, 3.8) is 0 Å². The van der Waals surface area contributed by atoms with Crippen LogP contribution in [0.2, 0.25) is 0 Å². The van der Waals surface area contributed by atoms with Crippen LogP contribution in [0.5, 0.6) is 0 Å². The molecule has 0 spiro atoms. The molecule has 4 heteroatoms. The first-order chi connectivity index (χ1) is 8.02. The lowest BCUT2D eigenvalue weighted by molar-refractivity contribution is 0.292. The van der Waals surface area contributed by atoms with E-state index in [9.17, 15) is 0 Å². The molecule has 1 aliphatic heterocycles. The molecule has 0 amide bonds. The number of nitrogens with zero attached hydrogens (tertiary/aromatic N) is 2. The van der Waals surface area contributed by atoms with E-state index < -0.39 is 0 Å². The van der Waals surface area contributed by atoms with Gasteiger partial charge in [-0.2, -0.15) is 0 Å². The second-order valence-corrected chi connectivity index (χ2v) is 6.64. The van der Waals surface area contributed by atoms with E-state index >= 15 is 0 Å². The van der Waals surface area contributed by atoms with E-state index in [1.165, 1.54) is 12.8 Å².